The van der Waals surface area contributed by atoms with Crippen molar-refractivity contribution in [3.63, 3.8) is 0 Å². The third-order valence-corrected chi connectivity index (χ3v) is 8.20. The van der Waals surface area contributed by atoms with Gasteiger partial charge in [0.2, 0.25) is 0 Å². The monoisotopic (exact) mass is 440 g/mol. The number of ether oxygens (including phenoxy) is 3. The zero-order chi connectivity index (χ0) is 23.6. The molecule has 1 aromatic rings. The van der Waals surface area contributed by atoms with E-state index in [-0.39, 0.29) is 28.8 Å². The van der Waals surface area contributed by atoms with Crippen molar-refractivity contribution >= 4 is 11.9 Å². The zero-order valence-corrected chi connectivity index (χ0v) is 20.0. The predicted octanol–water partition coefficient (Wildman–Crippen LogP) is 4.07. The molecule has 1 spiro atoms. The van der Waals surface area contributed by atoms with Crippen LogP contribution in [0.25, 0.3) is 0 Å². The van der Waals surface area contributed by atoms with Crippen molar-refractivity contribution in [1.82, 2.24) is 0 Å². The summed E-state index contributed by atoms with van der Waals surface area (Å²) in [7, 11) is 1.27. The van der Waals surface area contributed by atoms with Crippen molar-refractivity contribution in [3.05, 3.63) is 50.7 Å². The van der Waals surface area contributed by atoms with Crippen LogP contribution >= 0.6 is 0 Å². The molecule has 0 radical (unpaired) electrons. The summed E-state index contributed by atoms with van der Waals surface area (Å²) in [4.78, 5) is 37.9. The quantitative estimate of drug-likeness (QED) is 0.613. The summed E-state index contributed by atoms with van der Waals surface area (Å²) in [5, 5.41) is 0. The molecule has 6 nitrogen and oxygen atoms in total. The highest BCUT2D eigenvalue weighted by atomic mass is 16.6. The molecular weight excluding hydrogens is 408 g/mol. The molecule has 0 aromatic heterocycles. The maximum absolute atomic E-state index is 13.2. The van der Waals surface area contributed by atoms with E-state index in [2.05, 4.69) is 13.8 Å². The van der Waals surface area contributed by atoms with E-state index in [1.54, 1.807) is 13.8 Å². The Bertz CT molecular complexity index is 1100. The second-order valence-corrected chi connectivity index (χ2v) is 10.3. The van der Waals surface area contributed by atoms with Gasteiger partial charge < -0.3 is 14.2 Å². The van der Waals surface area contributed by atoms with Gasteiger partial charge in [-0.2, -0.15) is 0 Å². The van der Waals surface area contributed by atoms with E-state index in [0.717, 1.165) is 18.4 Å². The van der Waals surface area contributed by atoms with Crippen molar-refractivity contribution in [2.45, 2.75) is 72.0 Å². The second kappa shape index (κ2) is 7.19. The van der Waals surface area contributed by atoms with Crippen molar-refractivity contribution < 1.29 is 23.8 Å². The first-order chi connectivity index (χ1) is 14.9. The van der Waals surface area contributed by atoms with E-state index in [1.807, 2.05) is 26.0 Å². The molecule has 2 heterocycles. The van der Waals surface area contributed by atoms with Gasteiger partial charge in [-0.3, -0.25) is 4.79 Å². The number of aryl methyl sites for hydroxylation is 1. The molecule has 0 N–H and O–H groups in total. The Morgan fingerprint density at radius 1 is 1.12 bits per heavy atom. The van der Waals surface area contributed by atoms with Crippen molar-refractivity contribution in [2.24, 2.45) is 17.3 Å². The topological polar surface area (TPSA) is 78.9 Å². The van der Waals surface area contributed by atoms with Crippen LogP contribution in [0.2, 0.25) is 0 Å². The Labute approximate surface area is 188 Å². The summed E-state index contributed by atoms with van der Waals surface area (Å²) in [5.41, 5.74) is -0.211. The highest BCUT2D eigenvalue weighted by Crippen LogP contribution is 2.61. The summed E-state index contributed by atoms with van der Waals surface area (Å²) >= 11 is 0. The van der Waals surface area contributed by atoms with Crippen LogP contribution in [0.3, 0.4) is 0 Å². The Kier molecular flexibility index (Phi) is 5.07. The van der Waals surface area contributed by atoms with Crippen molar-refractivity contribution in [1.29, 1.82) is 0 Å². The van der Waals surface area contributed by atoms with Crippen LogP contribution in [0.15, 0.2) is 23.0 Å². The van der Waals surface area contributed by atoms with Gasteiger partial charge in [0.15, 0.2) is 5.43 Å². The first-order valence-electron chi connectivity index (χ1n) is 11.2. The molecule has 0 saturated heterocycles. The van der Waals surface area contributed by atoms with Gasteiger partial charge in [0, 0.05) is 29.4 Å². The smallest absolute Gasteiger partial charge is 0.342 e. The van der Waals surface area contributed by atoms with Crippen molar-refractivity contribution in [3.8, 4) is 5.75 Å². The highest BCUT2D eigenvalue weighted by molar-refractivity contribution is 5.91. The maximum atomic E-state index is 13.2. The van der Waals surface area contributed by atoms with Crippen LogP contribution in [0.5, 0.6) is 5.75 Å². The van der Waals surface area contributed by atoms with Gasteiger partial charge in [-0.15, -0.1) is 0 Å². The average molecular weight is 441 g/mol. The number of hydrogen-bond donors (Lipinski definition) is 0. The first kappa shape index (κ1) is 22.6. The van der Waals surface area contributed by atoms with Crippen LogP contribution in [0, 0.1) is 31.1 Å². The fourth-order valence-corrected chi connectivity index (χ4v) is 6.52. The van der Waals surface area contributed by atoms with E-state index < -0.39 is 22.6 Å². The van der Waals surface area contributed by atoms with Crippen LogP contribution in [-0.2, 0) is 20.7 Å². The number of fused-ring (bicyclic) bond motifs is 3. The lowest BCUT2D eigenvalue weighted by atomic mass is 9.50. The first-order valence-corrected chi connectivity index (χ1v) is 11.2. The second-order valence-electron chi connectivity index (χ2n) is 10.3. The lowest BCUT2D eigenvalue weighted by Gasteiger charge is -2.57. The van der Waals surface area contributed by atoms with E-state index in [9.17, 15) is 14.4 Å². The third-order valence-electron chi connectivity index (χ3n) is 8.20. The zero-order valence-electron chi connectivity index (χ0n) is 20.0. The summed E-state index contributed by atoms with van der Waals surface area (Å²) in [6.45, 7) is 11.7. The minimum Gasteiger partial charge on any atom is -0.485 e. The number of rotatable bonds is 1. The van der Waals surface area contributed by atoms with Crippen LogP contribution in [-0.4, -0.2) is 30.3 Å². The summed E-state index contributed by atoms with van der Waals surface area (Å²) in [6.07, 6.45) is 5.91. The number of esters is 2. The highest BCUT2D eigenvalue weighted by Gasteiger charge is 2.65. The molecule has 0 amide bonds. The van der Waals surface area contributed by atoms with Gasteiger partial charge in [0.25, 0.3) is 0 Å². The van der Waals surface area contributed by atoms with E-state index in [1.165, 1.54) is 13.2 Å². The Balaban J connectivity index is 1.93. The molecule has 1 aliphatic carbocycles. The molecule has 4 rings (SSSR count). The largest absolute Gasteiger partial charge is 0.485 e. The van der Waals surface area contributed by atoms with Gasteiger partial charge >= 0.3 is 11.9 Å². The maximum Gasteiger partial charge on any atom is 0.342 e. The van der Waals surface area contributed by atoms with Gasteiger partial charge in [0.05, 0.1) is 7.11 Å². The van der Waals surface area contributed by atoms with E-state index in [0.29, 0.717) is 23.3 Å². The molecule has 172 valence electrons. The molecule has 4 atom stereocenters. The molecule has 2 aliphatic heterocycles. The summed E-state index contributed by atoms with van der Waals surface area (Å²) in [6, 6.07) is 1.89. The summed E-state index contributed by atoms with van der Waals surface area (Å²) < 4.78 is 17.5. The van der Waals surface area contributed by atoms with Crippen LogP contribution < -0.4 is 10.2 Å². The standard InChI is InChI=1S/C26H32O6/c1-14-12-17-13-26(32-22(17)16(3)21(28)20(14)23(29)30-7)15(2)8-9-18-24(4,5)31-19(27)10-11-25(18,26)6/h10-12,15,18H,8-9,13H2,1-7H3/t15-,18+,25-,26-/m0/s1. The molecule has 3 aliphatic rings. The lowest BCUT2D eigenvalue weighted by molar-refractivity contribution is -0.181. The summed E-state index contributed by atoms with van der Waals surface area (Å²) in [5.74, 6) is -0.196. The number of methoxy groups -OCH3 is 1. The van der Waals surface area contributed by atoms with Crippen molar-refractivity contribution in [2.75, 3.05) is 7.11 Å². The van der Waals surface area contributed by atoms with Gasteiger partial charge in [-0.25, -0.2) is 9.59 Å². The van der Waals surface area contributed by atoms with E-state index >= 15 is 0 Å². The number of cyclic esters (lactones) is 1. The fraction of sp³-hybridized carbons (Fsp3) is 0.577. The third kappa shape index (κ3) is 2.95. The Morgan fingerprint density at radius 2 is 1.81 bits per heavy atom. The molecule has 0 unspecified atom stereocenters. The minimum atomic E-state index is -0.655. The number of carbonyl (C=O) groups excluding carboxylic acids is 2. The molecule has 0 bridgehead atoms. The van der Waals surface area contributed by atoms with Crippen LogP contribution in [0.4, 0.5) is 0 Å². The molecule has 1 fully saturated rings. The predicted molar refractivity (Wildman–Crippen MR) is 120 cm³/mol. The molecule has 1 aromatic carbocycles. The fourth-order valence-electron chi connectivity index (χ4n) is 6.52. The molecule has 6 heteroatoms. The SMILES string of the molecule is COC(=O)c1c(C)cc2c(c(C)c1=O)O[C@@]1(C2)[C@@H](C)CC[C@@H]2C(C)(C)OC(=O)C=C[C@@]21C. The number of carbonyl (C=O) groups is 2. The normalized spacial score (nSPS) is 32.4. The molecule has 32 heavy (non-hydrogen) atoms. The Morgan fingerprint density at radius 3 is 2.47 bits per heavy atom. The molecule has 1 saturated carbocycles. The lowest BCUT2D eigenvalue weighted by Crippen LogP contribution is -2.63. The van der Waals surface area contributed by atoms with E-state index in [4.69, 9.17) is 14.2 Å². The Hall–Kier alpha value is -2.63. The van der Waals surface area contributed by atoms with Crippen LogP contribution in [0.1, 0.15) is 67.6 Å². The minimum absolute atomic E-state index is 0.0484. The number of hydrogen-bond acceptors (Lipinski definition) is 6. The van der Waals surface area contributed by atoms with Gasteiger partial charge in [-0.1, -0.05) is 26.0 Å². The average Bonchev–Trinajstić information content (AvgIpc) is 3.02. The molecular formula is C26H32O6. The van der Waals surface area contributed by atoms with Gasteiger partial charge in [-0.05, 0) is 57.6 Å². The van der Waals surface area contributed by atoms with Gasteiger partial charge in [0.1, 0.15) is 22.5 Å².